The summed E-state index contributed by atoms with van der Waals surface area (Å²) in [5.41, 5.74) is 7.01. The Morgan fingerprint density at radius 3 is 2.74 bits per heavy atom. The monoisotopic (exact) mass is 338 g/mol. The van der Waals surface area contributed by atoms with E-state index in [2.05, 4.69) is 0 Å². The number of carbonyl (C=O) groups is 1. The third-order valence-corrected chi connectivity index (χ3v) is 3.58. The van der Waals surface area contributed by atoms with Gasteiger partial charge in [0.05, 0.1) is 12.1 Å². The van der Waals surface area contributed by atoms with Crippen molar-refractivity contribution in [2.45, 2.75) is 20.0 Å². The molecule has 0 spiro atoms. The smallest absolute Gasteiger partial charge is 0.257 e. The van der Waals surface area contributed by atoms with Crippen LogP contribution in [0.5, 0.6) is 11.5 Å². The number of fused-ring (bicyclic) bond motifs is 1. The lowest BCUT2D eigenvalue weighted by atomic mass is 10.1. The molecule has 0 radical (unpaired) electrons. The Morgan fingerprint density at radius 2 is 2.04 bits per heavy atom. The maximum Gasteiger partial charge on any atom is 0.257 e. The number of benzene rings is 1. The van der Waals surface area contributed by atoms with Crippen molar-refractivity contribution in [2.24, 2.45) is 5.73 Å². The first-order valence-electron chi connectivity index (χ1n) is 7.16. The van der Waals surface area contributed by atoms with E-state index in [1.54, 1.807) is 11.0 Å². The molecule has 1 aliphatic heterocycles. The Kier molecular flexibility index (Phi) is 5.52. The number of nitrogens with zero attached hydrogens (tertiary/aromatic N) is 1. The Labute approximate surface area is 140 Å². The molecule has 0 saturated heterocycles. The van der Waals surface area contributed by atoms with Crippen LogP contribution < -0.4 is 15.2 Å². The molecule has 2 aromatic rings. The highest BCUT2D eigenvalue weighted by atomic mass is 35.5. The fraction of sp³-hybridized carbons (Fsp3) is 0.312. The molecule has 0 atom stereocenters. The molecule has 1 aliphatic rings. The molecular formula is C16H19ClN2O4. The van der Waals surface area contributed by atoms with E-state index < -0.39 is 0 Å². The average Bonchev–Trinajstić information content (AvgIpc) is 3.20. The predicted molar refractivity (Wildman–Crippen MR) is 86.8 cm³/mol. The number of ether oxygens (including phenoxy) is 2. The summed E-state index contributed by atoms with van der Waals surface area (Å²) in [6.07, 6.45) is 1.45. The summed E-state index contributed by atoms with van der Waals surface area (Å²) >= 11 is 0. The first-order chi connectivity index (χ1) is 10.7. The van der Waals surface area contributed by atoms with Gasteiger partial charge in [-0.2, -0.15) is 0 Å². The molecule has 6 nitrogen and oxygen atoms in total. The second-order valence-electron chi connectivity index (χ2n) is 5.01. The van der Waals surface area contributed by atoms with Gasteiger partial charge in [0.15, 0.2) is 11.5 Å². The molecule has 0 unspecified atom stereocenters. The van der Waals surface area contributed by atoms with Crippen molar-refractivity contribution in [3.8, 4) is 11.5 Å². The summed E-state index contributed by atoms with van der Waals surface area (Å²) in [5.74, 6) is 1.97. The van der Waals surface area contributed by atoms with Crippen LogP contribution in [0, 0.1) is 0 Å². The van der Waals surface area contributed by atoms with Crippen molar-refractivity contribution in [1.82, 2.24) is 4.90 Å². The zero-order valence-corrected chi connectivity index (χ0v) is 13.6. The van der Waals surface area contributed by atoms with E-state index in [4.69, 9.17) is 19.6 Å². The predicted octanol–water partition coefficient (Wildman–Crippen LogP) is 2.55. The number of carbonyl (C=O) groups excluding carboxylic acids is 1. The average molecular weight is 339 g/mol. The SMILES string of the molecule is CCN(Cc1ccc2c(c1)OCO2)C(=O)c1coc(CN)c1.Cl. The first kappa shape index (κ1) is 17.2. The molecule has 0 saturated carbocycles. The Morgan fingerprint density at radius 1 is 1.26 bits per heavy atom. The molecule has 124 valence electrons. The van der Waals surface area contributed by atoms with Gasteiger partial charge in [-0.1, -0.05) is 6.07 Å². The van der Waals surface area contributed by atoms with Crippen LogP contribution in [0.1, 0.15) is 28.6 Å². The molecular weight excluding hydrogens is 320 g/mol. The fourth-order valence-corrected chi connectivity index (χ4v) is 2.37. The molecule has 3 rings (SSSR count). The number of halogens is 1. The number of hydrogen-bond acceptors (Lipinski definition) is 5. The van der Waals surface area contributed by atoms with Gasteiger partial charge in [0.25, 0.3) is 5.91 Å². The second kappa shape index (κ2) is 7.39. The number of amides is 1. The van der Waals surface area contributed by atoms with Crippen LogP contribution in [-0.2, 0) is 13.1 Å². The van der Waals surface area contributed by atoms with Crippen molar-refractivity contribution in [2.75, 3.05) is 13.3 Å². The van der Waals surface area contributed by atoms with Crippen LogP contribution >= 0.6 is 12.4 Å². The Hall–Kier alpha value is -2.18. The molecule has 0 bridgehead atoms. The van der Waals surface area contributed by atoms with Crippen molar-refractivity contribution in [3.63, 3.8) is 0 Å². The van der Waals surface area contributed by atoms with E-state index in [-0.39, 0.29) is 31.7 Å². The van der Waals surface area contributed by atoms with E-state index in [0.29, 0.717) is 24.4 Å². The third kappa shape index (κ3) is 3.60. The van der Waals surface area contributed by atoms with Gasteiger partial charge in [-0.25, -0.2) is 0 Å². The van der Waals surface area contributed by atoms with Gasteiger partial charge in [0.2, 0.25) is 6.79 Å². The molecule has 0 aliphatic carbocycles. The van der Waals surface area contributed by atoms with Gasteiger partial charge in [-0.3, -0.25) is 4.79 Å². The number of furan rings is 1. The van der Waals surface area contributed by atoms with Crippen LogP contribution in [-0.4, -0.2) is 24.1 Å². The molecule has 23 heavy (non-hydrogen) atoms. The third-order valence-electron chi connectivity index (χ3n) is 3.58. The standard InChI is InChI=1S/C16H18N2O4.ClH/c1-2-18(16(19)12-6-13(7-17)20-9-12)8-11-3-4-14-15(5-11)22-10-21-14;/h3-6,9H,2,7-8,10,17H2,1H3;1H. The molecule has 1 aromatic carbocycles. The maximum absolute atomic E-state index is 12.5. The largest absolute Gasteiger partial charge is 0.467 e. The minimum absolute atomic E-state index is 0. The highest BCUT2D eigenvalue weighted by molar-refractivity contribution is 5.94. The van der Waals surface area contributed by atoms with E-state index in [1.807, 2.05) is 25.1 Å². The van der Waals surface area contributed by atoms with Gasteiger partial charge in [0.1, 0.15) is 12.0 Å². The highest BCUT2D eigenvalue weighted by Crippen LogP contribution is 2.32. The summed E-state index contributed by atoms with van der Waals surface area (Å²) in [6.45, 7) is 3.55. The molecule has 2 heterocycles. The van der Waals surface area contributed by atoms with Gasteiger partial charge in [0, 0.05) is 13.1 Å². The van der Waals surface area contributed by atoms with E-state index >= 15 is 0 Å². The number of nitrogens with two attached hydrogens (primary N) is 1. The summed E-state index contributed by atoms with van der Waals surface area (Å²) in [6, 6.07) is 7.38. The van der Waals surface area contributed by atoms with Crippen molar-refractivity contribution in [3.05, 3.63) is 47.4 Å². The molecule has 1 amide bonds. The first-order valence-corrected chi connectivity index (χ1v) is 7.16. The summed E-state index contributed by atoms with van der Waals surface area (Å²) < 4.78 is 15.9. The van der Waals surface area contributed by atoms with Crippen molar-refractivity contribution < 1.29 is 18.7 Å². The van der Waals surface area contributed by atoms with Gasteiger partial charge >= 0.3 is 0 Å². The zero-order chi connectivity index (χ0) is 15.5. The molecule has 7 heteroatoms. The topological polar surface area (TPSA) is 77.9 Å². The molecule has 2 N–H and O–H groups in total. The summed E-state index contributed by atoms with van der Waals surface area (Å²) in [7, 11) is 0. The number of hydrogen-bond donors (Lipinski definition) is 1. The van der Waals surface area contributed by atoms with Crippen LogP contribution in [0.4, 0.5) is 0 Å². The number of rotatable bonds is 5. The van der Waals surface area contributed by atoms with Crippen LogP contribution in [0.3, 0.4) is 0 Å². The van der Waals surface area contributed by atoms with Crippen LogP contribution in [0.15, 0.2) is 34.9 Å². The van der Waals surface area contributed by atoms with Crippen LogP contribution in [0.2, 0.25) is 0 Å². The minimum Gasteiger partial charge on any atom is -0.467 e. The lowest BCUT2D eigenvalue weighted by molar-refractivity contribution is 0.0751. The highest BCUT2D eigenvalue weighted by Gasteiger charge is 2.19. The van der Waals surface area contributed by atoms with Gasteiger partial charge in [-0.15, -0.1) is 12.4 Å². The van der Waals surface area contributed by atoms with Gasteiger partial charge in [-0.05, 0) is 30.7 Å². The summed E-state index contributed by atoms with van der Waals surface area (Å²) in [4.78, 5) is 14.3. The Bertz CT molecular complexity index is 686. The van der Waals surface area contributed by atoms with Crippen LogP contribution in [0.25, 0.3) is 0 Å². The van der Waals surface area contributed by atoms with Gasteiger partial charge < -0.3 is 24.5 Å². The molecule has 1 aromatic heterocycles. The van der Waals surface area contributed by atoms with E-state index in [0.717, 1.165) is 17.1 Å². The van der Waals surface area contributed by atoms with E-state index in [1.165, 1.54) is 6.26 Å². The fourth-order valence-electron chi connectivity index (χ4n) is 2.37. The minimum atomic E-state index is -0.0800. The molecule has 0 fully saturated rings. The second-order valence-corrected chi connectivity index (χ2v) is 5.01. The summed E-state index contributed by atoms with van der Waals surface area (Å²) in [5, 5.41) is 0. The van der Waals surface area contributed by atoms with E-state index in [9.17, 15) is 4.79 Å². The normalized spacial score (nSPS) is 11.9. The Balaban J connectivity index is 0.00000192. The van der Waals surface area contributed by atoms with Crippen molar-refractivity contribution >= 4 is 18.3 Å². The van der Waals surface area contributed by atoms with Crippen molar-refractivity contribution in [1.29, 1.82) is 0 Å². The lowest BCUT2D eigenvalue weighted by Crippen LogP contribution is -2.30. The quantitative estimate of drug-likeness (QED) is 0.906. The lowest BCUT2D eigenvalue weighted by Gasteiger charge is -2.20. The maximum atomic E-state index is 12.5. The zero-order valence-electron chi connectivity index (χ0n) is 12.8.